The molecule has 0 saturated carbocycles. The second kappa shape index (κ2) is 9.20. The fourth-order valence-electron chi connectivity index (χ4n) is 1.73. The van der Waals surface area contributed by atoms with Crippen molar-refractivity contribution >= 4 is 17.9 Å². The molecular formula is C14H27N3O4. The van der Waals surface area contributed by atoms with Crippen LogP contribution in [0, 0.1) is 11.3 Å². The number of carboxylic acid groups (broad SMARTS) is 1. The van der Waals surface area contributed by atoms with E-state index in [2.05, 4.69) is 16.0 Å². The summed E-state index contributed by atoms with van der Waals surface area (Å²) in [5, 5.41) is 16.5. The number of hydrogen-bond acceptors (Lipinski definition) is 3. The van der Waals surface area contributed by atoms with Gasteiger partial charge in [0.15, 0.2) is 0 Å². The van der Waals surface area contributed by atoms with Crippen molar-refractivity contribution in [3.63, 3.8) is 0 Å². The minimum absolute atomic E-state index is 0.134. The van der Waals surface area contributed by atoms with Gasteiger partial charge in [-0.1, -0.05) is 6.92 Å². The van der Waals surface area contributed by atoms with E-state index in [4.69, 9.17) is 5.11 Å². The summed E-state index contributed by atoms with van der Waals surface area (Å²) in [6.45, 7) is 6.18. The lowest BCUT2D eigenvalue weighted by Gasteiger charge is -2.23. The molecule has 0 aromatic rings. The number of aliphatic carboxylic acids is 1. The molecule has 1 unspecified atom stereocenters. The van der Waals surface area contributed by atoms with Crippen LogP contribution in [0.1, 0.15) is 40.0 Å². The van der Waals surface area contributed by atoms with Gasteiger partial charge in [-0.3, -0.25) is 9.59 Å². The van der Waals surface area contributed by atoms with Crippen LogP contribution < -0.4 is 16.0 Å². The molecule has 0 fully saturated rings. The maximum absolute atomic E-state index is 11.6. The number of carboxylic acids is 1. The van der Waals surface area contributed by atoms with E-state index in [-0.39, 0.29) is 30.8 Å². The van der Waals surface area contributed by atoms with Crippen LogP contribution >= 0.6 is 0 Å². The van der Waals surface area contributed by atoms with Crippen LogP contribution in [0.4, 0.5) is 4.79 Å². The quantitative estimate of drug-likeness (QED) is 0.508. The van der Waals surface area contributed by atoms with Crippen molar-refractivity contribution < 1.29 is 19.5 Å². The lowest BCUT2D eigenvalue weighted by molar-refractivity contribution is -0.137. The first-order chi connectivity index (χ1) is 9.69. The van der Waals surface area contributed by atoms with Crippen molar-refractivity contribution in [1.82, 2.24) is 16.0 Å². The third-order valence-electron chi connectivity index (χ3n) is 3.31. The van der Waals surface area contributed by atoms with Crippen LogP contribution in [0.5, 0.6) is 0 Å². The van der Waals surface area contributed by atoms with Crippen molar-refractivity contribution in [2.24, 2.45) is 11.3 Å². The largest absolute Gasteiger partial charge is 0.481 e. The molecule has 0 aliphatic heterocycles. The zero-order valence-electron chi connectivity index (χ0n) is 13.3. The van der Waals surface area contributed by atoms with E-state index in [1.54, 1.807) is 20.9 Å². The lowest BCUT2D eigenvalue weighted by atomic mass is 9.92. The summed E-state index contributed by atoms with van der Waals surface area (Å²) in [4.78, 5) is 33.6. The van der Waals surface area contributed by atoms with Gasteiger partial charge < -0.3 is 21.1 Å². The fraction of sp³-hybridized carbons (Fsp3) is 0.786. The van der Waals surface area contributed by atoms with Crippen molar-refractivity contribution in [3.8, 4) is 0 Å². The third kappa shape index (κ3) is 8.88. The molecule has 1 atom stereocenters. The second-order valence-electron chi connectivity index (χ2n) is 5.90. The van der Waals surface area contributed by atoms with E-state index >= 15 is 0 Å². The SMILES string of the molecule is CNC(=O)C(C)(C)CNC(=O)NCCC(C)CCC(=O)O. The van der Waals surface area contributed by atoms with Crippen LogP contribution in [0.3, 0.4) is 0 Å². The Labute approximate surface area is 125 Å². The van der Waals surface area contributed by atoms with Crippen LogP contribution in [0.25, 0.3) is 0 Å². The van der Waals surface area contributed by atoms with Crippen molar-refractivity contribution in [2.45, 2.75) is 40.0 Å². The van der Waals surface area contributed by atoms with Crippen molar-refractivity contribution in [2.75, 3.05) is 20.1 Å². The van der Waals surface area contributed by atoms with Gasteiger partial charge in [-0.25, -0.2) is 4.79 Å². The molecule has 0 heterocycles. The number of amides is 3. The summed E-state index contributed by atoms with van der Waals surface area (Å²) in [6.07, 6.45) is 1.47. The minimum Gasteiger partial charge on any atom is -0.481 e. The van der Waals surface area contributed by atoms with Gasteiger partial charge >= 0.3 is 12.0 Å². The summed E-state index contributed by atoms with van der Waals surface area (Å²) in [5.41, 5.74) is -0.666. The van der Waals surface area contributed by atoms with Gasteiger partial charge in [0, 0.05) is 26.6 Å². The highest BCUT2D eigenvalue weighted by Crippen LogP contribution is 2.13. The predicted molar refractivity (Wildman–Crippen MR) is 79.9 cm³/mol. The molecule has 0 aliphatic carbocycles. The maximum Gasteiger partial charge on any atom is 0.314 e. The van der Waals surface area contributed by atoms with Gasteiger partial charge in [-0.15, -0.1) is 0 Å². The number of carbonyl (C=O) groups excluding carboxylic acids is 2. The molecule has 0 spiro atoms. The Bertz CT molecular complexity index is 369. The van der Waals surface area contributed by atoms with E-state index < -0.39 is 11.4 Å². The monoisotopic (exact) mass is 301 g/mol. The van der Waals surface area contributed by atoms with Crippen LogP contribution in [0.15, 0.2) is 0 Å². The van der Waals surface area contributed by atoms with E-state index in [1.807, 2.05) is 6.92 Å². The molecule has 21 heavy (non-hydrogen) atoms. The first kappa shape index (κ1) is 19.2. The molecule has 7 nitrogen and oxygen atoms in total. The molecule has 0 rings (SSSR count). The highest BCUT2D eigenvalue weighted by atomic mass is 16.4. The van der Waals surface area contributed by atoms with Gasteiger partial charge in [-0.05, 0) is 32.6 Å². The molecule has 0 aliphatic rings. The smallest absolute Gasteiger partial charge is 0.314 e. The molecular weight excluding hydrogens is 274 g/mol. The summed E-state index contributed by atoms with van der Waals surface area (Å²) in [6, 6.07) is -0.322. The van der Waals surface area contributed by atoms with Crippen molar-refractivity contribution in [1.29, 1.82) is 0 Å². The summed E-state index contributed by atoms with van der Waals surface area (Å²) < 4.78 is 0. The highest BCUT2D eigenvalue weighted by molar-refractivity contribution is 5.82. The first-order valence-corrected chi connectivity index (χ1v) is 7.14. The molecule has 0 radical (unpaired) electrons. The Hall–Kier alpha value is -1.79. The third-order valence-corrected chi connectivity index (χ3v) is 3.31. The predicted octanol–water partition coefficient (Wildman–Crippen LogP) is 0.949. The molecule has 0 bridgehead atoms. The van der Waals surface area contributed by atoms with Gasteiger partial charge in [0.2, 0.25) is 5.91 Å². The number of rotatable bonds is 9. The fourth-order valence-corrected chi connectivity index (χ4v) is 1.73. The number of nitrogens with one attached hydrogen (secondary N) is 3. The van der Waals surface area contributed by atoms with E-state index in [0.29, 0.717) is 13.0 Å². The normalized spacial score (nSPS) is 12.4. The summed E-state index contributed by atoms with van der Waals surface area (Å²) >= 11 is 0. The summed E-state index contributed by atoms with van der Waals surface area (Å²) in [7, 11) is 1.56. The Balaban J connectivity index is 3.86. The second-order valence-corrected chi connectivity index (χ2v) is 5.90. The summed E-state index contributed by atoms with van der Waals surface area (Å²) in [5.74, 6) is -0.696. The Morgan fingerprint density at radius 1 is 1.14 bits per heavy atom. The number of urea groups is 1. The topological polar surface area (TPSA) is 108 Å². The molecule has 0 aromatic heterocycles. The Kier molecular flexibility index (Phi) is 8.42. The average Bonchev–Trinajstić information content (AvgIpc) is 2.42. The molecule has 3 amide bonds. The first-order valence-electron chi connectivity index (χ1n) is 7.14. The zero-order valence-corrected chi connectivity index (χ0v) is 13.3. The van der Waals surface area contributed by atoms with E-state index in [0.717, 1.165) is 6.42 Å². The van der Waals surface area contributed by atoms with E-state index in [1.165, 1.54) is 0 Å². The van der Waals surface area contributed by atoms with Crippen LogP contribution in [-0.4, -0.2) is 43.2 Å². The van der Waals surface area contributed by atoms with E-state index in [9.17, 15) is 14.4 Å². The zero-order chi connectivity index (χ0) is 16.5. The molecule has 0 aromatic carbocycles. The average molecular weight is 301 g/mol. The number of carbonyl (C=O) groups is 3. The molecule has 7 heteroatoms. The standard InChI is InChI=1S/C14H27N3O4/c1-10(5-6-11(18)19)7-8-16-13(21)17-9-14(2,3)12(20)15-4/h10H,5-9H2,1-4H3,(H,15,20)(H,18,19)(H2,16,17,21). The molecule has 122 valence electrons. The van der Waals surface area contributed by atoms with Gasteiger partial charge in [-0.2, -0.15) is 0 Å². The minimum atomic E-state index is -0.802. The number of hydrogen-bond donors (Lipinski definition) is 4. The Morgan fingerprint density at radius 2 is 1.76 bits per heavy atom. The molecule has 4 N–H and O–H groups in total. The highest BCUT2D eigenvalue weighted by Gasteiger charge is 2.26. The van der Waals surface area contributed by atoms with Gasteiger partial charge in [0.1, 0.15) is 0 Å². The van der Waals surface area contributed by atoms with Gasteiger partial charge in [0.05, 0.1) is 5.41 Å². The Morgan fingerprint density at radius 3 is 2.29 bits per heavy atom. The maximum atomic E-state index is 11.6. The lowest BCUT2D eigenvalue weighted by Crippen LogP contribution is -2.46. The van der Waals surface area contributed by atoms with Gasteiger partial charge in [0.25, 0.3) is 0 Å². The van der Waals surface area contributed by atoms with Crippen LogP contribution in [-0.2, 0) is 9.59 Å². The molecule has 0 saturated heterocycles. The van der Waals surface area contributed by atoms with Crippen molar-refractivity contribution in [3.05, 3.63) is 0 Å². The van der Waals surface area contributed by atoms with Crippen LogP contribution in [0.2, 0.25) is 0 Å².